The van der Waals surface area contributed by atoms with Crippen LogP contribution in [0.15, 0.2) is 29.3 Å². The van der Waals surface area contributed by atoms with Crippen LogP contribution in [0, 0.1) is 5.92 Å². The molecule has 0 fully saturated rings. The summed E-state index contributed by atoms with van der Waals surface area (Å²) in [6, 6.07) is 6.61. The fraction of sp³-hybridized carbons (Fsp3) is 0.429. The van der Waals surface area contributed by atoms with Crippen LogP contribution in [0.5, 0.6) is 0 Å². The summed E-state index contributed by atoms with van der Waals surface area (Å²) in [6.45, 7) is 1.62. The maximum atomic E-state index is 13.0. The monoisotopic (exact) mass is 299 g/mol. The third-order valence-corrected chi connectivity index (χ3v) is 3.66. The molecule has 1 aromatic rings. The molecule has 1 amide bonds. The predicted molar refractivity (Wildman–Crippen MR) is 73.9 cm³/mol. The molecule has 2 atom stereocenters. The van der Waals surface area contributed by atoms with E-state index >= 15 is 0 Å². The Morgan fingerprint density at radius 3 is 2.81 bits per heavy atom. The van der Waals surface area contributed by atoms with E-state index in [0.29, 0.717) is 17.7 Å². The largest absolute Gasteiger partial charge is 0.392 e. The van der Waals surface area contributed by atoms with Crippen molar-refractivity contribution in [2.24, 2.45) is 16.6 Å². The number of nitrogens with zero attached hydrogens (tertiary/aromatic N) is 1. The van der Waals surface area contributed by atoms with Crippen molar-refractivity contribution in [2.45, 2.75) is 31.5 Å². The van der Waals surface area contributed by atoms with Gasteiger partial charge in [-0.1, -0.05) is 12.1 Å². The average Bonchev–Trinajstić information content (AvgIpc) is 2.37. The first-order chi connectivity index (χ1) is 9.74. The molecule has 114 valence electrons. The number of rotatable bonds is 3. The smallest absolute Gasteiger partial charge is 0.387 e. The van der Waals surface area contributed by atoms with Crippen molar-refractivity contribution in [1.29, 1.82) is 0 Å². The zero-order valence-corrected chi connectivity index (χ0v) is 11.4. The summed E-state index contributed by atoms with van der Waals surface area (Å²) in [5.41, 5.74) is 5.65. The minimum absolute atomic E-state index is 0.000162. The molecule has 0 saturated heterocycles. The van der Waals surface area contributed by atoms with Gasteiger partial charge in [-0.05, 0) is 31.0 Å². The van der Waals surface area contributed by atoms with Gasteiger partial charge in [0, 0.05) is 12.1 Å². The molecule has 0 aromatic heterocycles. The van der Waals surface area contributed by atoms with Crippen molar-refractivity contribution >= 4 is 17.9 Å². The molecule has 0 aliphatic carbocycles. The highest BCUT2D eigenvalue weighted by Gasteiger charge is 2.47. The zero-order chi connectivity index (χ0) is 15.7. The lowest BCUT2D eigenvalue weighted by molar-refractivity contribution is -0.179. The van der Waals surface area contributed by atoms with Crippen molar-refractivity contribution in [3.05, 3.63) is 29.8 Å². The third kappa shape index (κ3) is 3.34. The van der Waals surface area contributed by atoms with E-state index in [1.54, 1.807) is 31.2 Å². The van der Waals surface area contributed by atoms with Crippen LogP contribution in [0.4, 0.5) is 18.9 Å². The second-order valence-corrected chi connectivity index (χ2v) is 5.37. The quantitative estimate of drug-likeness (QED) is 0.843. The van der Waals surface area contributed by atoms with E-state index in [9.17, 15) is 18.0 Å². The molecule has 0 spiro atoms. The molecular weight excluding hydrogens is 283 g/mol. The Morgan fingerprint density at radius 1 is 1.48 bits per heavy atom. The van der Waals surface area contributed by atoms with E-state index in [1.807, 2.05) is 0 Å². The first-order valence-electron chi connectivity index (χ1n) is 6.46. The number of anilines is 1. The van der Waals surface area contributed by atoms with E-state index in [4.69, 9.17) is 5.73 Å². The van der Waals surface area contributed by atoms with Gasteiger partial charge in [0.15, 0.2) is 0 Å². The first kappa shape index (κ1) is 15.3. The van der Waals surface area contributed by atoms with Gasteiger partial charge < -0.3 is 11.1 Å². The molecule has 0 radical (unpaired) electrons. The van der Waals surface area contributed by atoms with Crippen LogP contribution in [0.2, 0.25) is 0 Å². The van der Waals surface area contributed by atoms with Gasteiger partial charge in [0.25, 0.3) is 0 Å². The maximum Gasteiger partial charge on any atom is 0.392 e. The Kier molecular flexibility index (Phi) is 3.93. The van der Waals surface area contributed by atoms with Crippen LogP contribution in [0.3, 0.4) is 0 Å². The van der Waals surface area contributed by atoms with Crippen LogP contribution >= 0.6 is 0 Å². The molecule has 1 aliphatic rings. The molecule has 4 nitrogen and oxygen atoms in total. The van der Waals surface area contributed by atoms with Gasteiger partial charge in [-0.25, -0.2) is 0 Å². The van der Waals surface area contributed by atoms with Crippen molar-refractivity contribution in [3.63, 3.8) is 0 Å². The van der Waals surface area contributed by atoms with Crippen molar-refractivity contribution < 1.29 is 18.0 Å². The van der Waals surface area contributed by atoms with Crippen molar-refractivity contribution in [3.8, 4) is 0 Å². The number of amidine groups is 1. The number of carbonyl (C=O) groups is 1. The maximum absolute atomic E-state index is 13.0. The van der Waals surface area contributed by atoms with Gasteiger partial charge in [-0.2, -0.15) is 13.2 Å². The minimum Gasteiger partial charge on any atom is -0.387 e. The summed E-state index contributed by atoms with van der Waals surface area (Å²) < 4.78 is 39.0. The van der Waals surface area contributed by atoms with Gasteiger partial charge in [-0.3, -0.25) is 9.79 Å². The van der Waals surface area contributed by atoms with E-state index in [2.05, 4.69) is 10.3 Å². The number of hydrogen-bond acceptors (Lipinski definition) is 3. The van der Waals surface area contributed by atoms with E-state index in [-0.39, 0.29) is 18.7 Å². The lowest BCUT2D eigenvalue weighted by Crippen LogP contribution is -2.40. The minimum atomic E-state index is -4.31. The van der Waals surface area contributed by atoms with Crippen LogP contribution < -0.4 is 11.1 Å². The summed E-state index contributed by atoms with van der Waals surface area (Å²) >= 11 is 0. The third-order valence-electron chi connectivity index (χ3n) is 3.66. The Balaban J connectivity index is 2.38. The molecule has 21 heavy (non-hydrogen) atoms. The number of alkyl halides is 3. The molecular formula is C14H16F3N3O. The Bertz CT molecular complexity index is 571. The normalized spacial score (nSPS) is 26.1. The fourth-order valence-corrected chi connectivity index (χ4v) is 2.64. The Labute approximate surface area is 120 Å². The van der Waals surface area contributed by atoms with Gasteiger partial charge in [-0.15, -0.1) is 0 Å². The summed E-state index contributed by atoms with van der Waals surface area (Å²) in [7, 11) is 0. The molecule has 2 unspecified atom stereocenters. The second kappa shape index (κ2) is 5.38. The average molecular weight is 299 g/mol. The van der Waals surface area contributed by atoms with Crippen LogP contribution in [-0.4, -0.2) is 18.4 Å². The van der Waals surface area contributed by atoms with Crippen LogP contribution in [0.25, 0.3) is 0 Å². The molecule has 1 heterocycles. The first-order valence-corrected chi connectivity index (χ1v) is 6.46. The highest BCUT2D eigenvalue weighted by molar-refractivity contribution is 5.82. The number of benzene rings is 1. The molecule has 7 heteroatoms. The SMILES string of the molecule is CC1(c2cccc(NC=O)c2)CC(C(F)(F)F)CC(N)=N1. The summed E-state index contributed by atoms with van der Waals surface area (Å²) in [4.78, 5) is 14.7. The Hall–Kier alpha value is -2.05. The van der Waals surface area contributed by atoms with Crippen LogP contribution in [-0.2, 0) is 10.3 Å². The topological polar surface area (TPSA) is 67.5 Å². The predicted octanol–water partition coefficient (Wildman–Crippen LogP) is 2.80. The van der Waals surface area contributed by atoms with Crippen molar-refractivity contribution in [2.75, 3.05) is 5.32 Å². The second-order valence-electron chi connectivity index (χ2n) is 5.37. The molecule has 0 saturated carbocycles. The number of nitrogens with two attached hydrogens (primary N) is 1. The van der Waals surface area contributed by atoms with E-state index in [0.717, 1.165) is 0 Å². The highest BCUT2D eigenvalue weighted by atomic mass is 19.4. The Morgan fingerprint density at radius 2 is 2.19 bits per heavy atom. The molecule has 1 aromatic carbocycles. The van der Waals surface area contributed by atoms with Crippen molar-refractivity contribution in [1.82, 2.24) is 0 Å². The molecule has 2 rings (SSSR count). The summed E-state index contributed by atoms with van der Waals surface area (Å²) in [6.07, 6.45) is -4.23. The standard InChI is InChI=1S/C14H16F3N3O/c1-13(9-3-2-4-11(5-9)19-8-21)7-10(14(15,16)17)6-12(18)20-13/h2-5,8,10H,6-7H2,1H3,(H2,18,20)(H,19,21). The van der Waals surface area contributed by atoms with Gasteiger partial charge >= 0.3 is 6.18 Å². The number of halogens is 3. The number of aliphatic imine (C=N–C) groups is 1. The highest BCUT2D eigenvalue weighted by Crippen LogP contribution is 2.44. The fourth-order valence-electron chi connectivity index (χ4n) is 2.64. The van der Waals surface area contributed by atoms with E-state index in [1.165, 1.54) is 0 Å². The number of carbonyl (C=O) groups excluding carboxylic acids is 1. The molecule has 3 N–H and O–H groups in total. The van der Waals surface area contributed by atoms with Gasteiger partial charge in [0.2, 0.25) is 6.41 Å². The molecule has 0 bridgehead atoms. The van der Waals surface area contributed by atoms with Gasteiger partial charge in [0.1, 0.15) is 0 Å². The van der Waals surface area contributed by atoms with E-state index < -0.39 is 17.6 Å². The number of hydrogen-bond donors (Lipinski definition) is 2. The summed E-state index contributed by atoms with van der Waals surface area (Å²) in [5.74, 6) is -1.51. The molecule has 1 aliphatic heterocycles. The van der Waals surface area contributed by atoms with Crippen LogP contribution in [0.1, 0.15) is 25.3 Å². The zero-order valence-electron chi connectivity index (χ0n) is 11.4. The lowest BCUT2D eigenvalue weighted by atomic mass is 9.79. The number of amides is 1. The van der Waals surface area contributed by atoms with Gasteiger partial charge in [0.05, 0.1) is 17.3 Å². The summed E-state index contributed by atoms with van der Waals surface area (Å²) in [5, 5.41) is 2.47. The number of nitrogens with one attached hydrogen (secondary N) is 1. The lowest BCUT2D eigenvalue weighted by Gasteiger charge is -2.36.